The second kappa shape index (κ2) is 7.94. The normalized spacial score (nSPS) is 10.5. The fourth-order valence-electron chi connectivity index (χ4n) is 2.39. The number of aromatic nitrogens is 2. The van der Waals surface area contributed by atoms with Gasteiger partial charge in [-0.15, -0.1) is 0 Å². The van der Waals surface area contributed by atoms with Gasteiger partial charge in [0.25, 0.3) is 0 Å². The molecule has 0 fully saturated rings. The van der Waals surface area contributed by atoms with Gasteiger partial charge in [-0.25, -0.2) is 9.18 Å². The Kier molecular flexibility index (Phi) is 5.45. The Morgan fingerprint density at radius 1 is 1.16 bits per heavy atom. The van der Waals surface area contributed by atoms with Crippen molar-refractivity contribution in [2.75, 3.05) is 5.32 Å². The van der Waals surface area contributed by atoms with Crippen LogP contribution in [0.2, 0.25) is 0 Å². The first kappa shape index (κ1) is 17.2. The molecule has 2 amide bonds. The molecule has 3 aromatic rings. The van der Waals surface area contributed by atoms with Gasteiger partial charge in [0.05, 0.1) is 12.2 Å². The van der Waals surface area contributed by atoms with Gasteiger partial charge in [0.15, 0.2) is 0 Å². The first-order valence-electron chi connectivity index (χ1n) is 7.66. The van der Waals surface area contributed by atoms with Gasteiger partial charge in [-0.1, -0.05) is 40.2 Å². The number of nitrogens with zero attached hydrogens (tertiary/aromatic N) is 2. The molecule has 2 N–H and O–H groups in total. The lowest BCUT2D eigenvalue weighted by atomic mass is 10.1. The van der Waals surface area contributed by atoms with Crippen molar-refractivity contribution < 1.29 is 9.18 Å². The molecule has 3 rings (SSSR count). The third-order valence-corrected chi connectivity index (χ3v) is 4.12. The average Bonchev–Trinajstić information content (AvgIpc) is 3.10. The number of carbonyl (C=O) groups is 1. The molecular weight excluding hydrogens is 387 g/mol. The van der Waals surface area contributed by atoms with Crippen molar-refractivity contribution in [1.29, 1.82) is 0 Å². The summed E-state index contributed by atoms with van der Waals surface area (Å²) in [6.45, 7) is 0.954. The minimum absolute atomic E-state index is 0.130. The molecule has 0 aliphatic rings. The van der Waals surface area contributed by atoms with Crippen molar-refractivity contribution in [3.63, 3.8) is 0 Å². The van der Waals surface area contributed by atoms with Crippen LogP contribution in [0.5, 0.6) is 0 Å². The molecule has 2 aromatic carbocycles. The minimum atomic E-state index is -0.497. The van der Waals surface area contributed by atoms with Crippen LogP contribution in [0.1, 0.15) is 11.1 Å². The van der Waals surface area contributed by atoms with Gasteiger partial charge in [0, 0.05) is 23.4 Å². The lowest BCUT2D eigenvalue weighted by Gasteiger charge is -2.12. The Morgan fingerprint density at radius 3 is 2.68 bits per heavy atom. The number of benzene rings is 2. The van der Waals surface area contributed by atoms with Crippen LogP contribution in [-0.4, -0.2) is 15.8 Å². The fourth-order valence-corrected chi connectivity index (χ4v) is 2.72. The quantitative estimate of drug-likeness (QED) is 0.673. The summed E-state index contributed by atoms with van der Waals surface area (Å²) in [5.41, 5.74) is 2.16. The van der Waals surface area contributed by atoms with Crippen LogP contribution in [0.3, 0.4) is 0 Å². The summed E-state index contributed by atoms with van der Waals surface area (Å²) in [4.78, 5) is 12.0. The van der Waals surface area contributed by atoms with Gasteiger partial charge in [0.2, 0.25) is 0 Å². The smallest absolute Gasteiger partial charge is 0.319 e. The van der Waals surface area contributed by atoms with Crippen LogP contribution >= 0.6 is 15.9 Å². The van der Waals surface area contributed by atoms with Gasteiger partial charge in [-0.2, -0.15) is 5.10 Å². The number of nitrogens with one attached hydrogen (secondary N) is 2. The maximum Gasteiger partial charge on any atom is 0.319 e. The molecular formula is C18H16BrFN4O. The molecule has 1 aromatic heterocycles. The number of rotatable bonds is 5. The van der Waals surface area contributed by atoms with E-state index in [2.05, 4.69) is 31.7 Å². The summed E-state index contributed by atoms with van der Waals surface area (Å²) in [7, 11) is 0. The van der Waals surface area contributed by atoms with E-state index in [1.807, 2.05) is 41.2 Å². The zero-order chi connectivity index (χ0) is 17.6. The first-order chi connectivity index (χ1) is 12.1. The minimum Gasteiger partial charge on any atom is -0.334 e. The van der Waals surface area contributed by atoms with Crippen LogP contribution in [0.15, 0.2) is 65.4 Å². The van der Waals surface area contributed by atoms with Gasteiger partial charge in [-0.3, -0.25) is 4.68 Å². The Balaban J connectivity index is 1.62. The third-order valence-electron chi connectivity index (χ3n) is 3.63. The van der Waals surface area contributed by atoms with Crippen molar-refractivity contribution in [3.8, 4) is 0 Å². The van der Waals surface area contributed by atoms with E-state index in [1.165, 1.54) is 12.1 Å². The van der Waals surface area contributed by atoms with Crippen LogP contribution in [0, 0.1) is 5.82 Å². The molecule has 0 unspecified atom stereocenters. The molecule has 5 nitrogen and oxygen atoms in total. The van der Waals surface area contributed by atoms with E-state index < -0.39 is 11.8 Å². The van der Waals surface area contributed by atoms with Crippen LogP contribution < -0.4 is 10.6 Å². The molecule has 25 heavy (non-hydrogen) atoms. The van der Waals surface area contributed by atoms with E-state index in [0.29, 0.717) is 17.6 Å². The Labute approximate surface area is 153 Å². The molecule has 1 heterocycles. The molecule has 7 heteroatoms. The van der Waals surface area contributed by atoms with Crippen molar-refractivity contribution in [2.24, 2.45) is 0 Å². The Bertz CT molecular complexity index is 867. The highest BCUT2D eigenvalue weighted by Crippen LogP contribution is 2.19. The molecule has 0 aliphatic carbocycles. The number of carbonyl (C=O) groups excluding carboxylic acids is 1. The predicted octanol–water partition coefficient (Wildman–Crippen LogP) is 4.15. The Morgan fingerprint density at radius 2 is 1.96 bits per heavy atom. The molecule has 0 aliphatic heterocycles. The van der Waals surface area contributed by atoms with Crippen molar-refractivity contribution >= 4 is 27.6 Å². The largest absolute Gasteiger partial charge is 0.334 e. The molecule has 0 bridgehead atoms. The summed E-state index contributed by atoms with van der Waals surface area (Å²) in [6.07, 6.45) is 3.61. The number of urea groups is 1. The maximum atomic E-state index is 13.8. The van der Waals surface area contributed by atoms with Gasteiger partial charge < -0.3 is 10.6 Å². The number of amides is 2. The standard InChI is InChI=1S/C18H16BrFN4O/c19-15-6-7-17(16(20)10-15)23-18(25)21-11-13-4-1-2-5-14(13)12-24-9-3-8-22-24/h1-10H,11-12H2,(H2,21,23,25). The second-order valence-electron chi connectivity index (χ2n) is 5.40. The Hall–Kier alpha value is -2.67. The lowest BCUT2D eigenvalue weighted by molar-refractivity contribution is 0.251. The first-order valence-corrected chi connectivity index (χ1v) is 8.45. The highest BCUT2D eigenvalue weighted by Gasteiger charge is 2.08. The van der Waals surface area contributed by atoms with Crippen LogP contribution in [-0.2, 0) is 13.1 Å². The van der Waals surface area contributed by atoms with E-state index in [1.54, 1.807) is 12.3 Å². The summed E-state index contributed by atoms with van der Waals surface area (Å²) >= 11 is 3.18. The van der Waals surface area contributed by atoms with Gasteiger partial charge >= 0.3 is 6.03 Å². The molecule has 0 radical (unpaired) electrons. The number of hydrogen-bond acceptors (Lipinski definition) is 2. The zero-order valence-corrected chi connectivity index (χ0v) is 14.8. The topological polar surface area (TPSA) is 59.0 Å². The highest BCUT2D eigenvalue weighted by molar-refractivity contribution is 9.10. The van der Waals surface area contributed by atoms with Crippen LogP contribution in [0.25, 0.3) is 0 Å². The molecule has 128 valence electrons. The predicted molar refractivity (Wildman–Crippen MR) is 97.7 cm³/mol. The summed E-state index contributed by atoms with van der Waals surface area (Å²) in [5, 5.41) is 9.45. The van der Waals surface area contributed by atoms with E-state index in [0.717, 1.165) is 11.1 Å². The number of halogens is 2. The van der Waals surface area contributed by atoms with E-state index in [9.17, 15) is 9.18 Å². The third kappa shape index (κ3) is 4.67. The summed E-state index contributed by atoms with van der Waals surface area (Å²) < 4.78 is 16.2. The van der Waals surface area contributed by atoms with Crippen molar-refractivity contribution in [3.05, 3.63) is 82.3 Å². The maximum absolute atomic E-state index is 13.8. The average molecular weight is 403 g/mol. The lowest BCUT2D eigenvalue weighted by Crippen LogP contribution is -2.29. The van der Waals surface area contributed by atoms with E-state index >= 15 is 0 Å². The monoisotopic (exact) mass is 402 g/mol. The van der Waals surface area contributed by atoms with E-state index in [-0.39, 0.29) is 5.69 Å². The zero-order valence-electron chi connectivity index (χ0n) is 13.2. The molecule has 0 saturated carbocycles. The van der Waals surface area contributed by atoms with Crippen LogP contribution in [0.4, 0.5) is 14.9 Å². The highest BCUT2D eigenvalue weighted by atomic mass is 79.9. The summed E-state index contributed by atoms with van der Waals surface area (Å²) in [5.74, 6) is -0.497. The second-order valence-corrected chi connectivity index (χ2v) is 6.32. The summed E-state index contributed by atoms with van der Waals surface area (Å²) in [6, 6.07) is 13.7. The fraction of sp³-hybridized carbons (Fsp3) is 0.111. The van der Waals surface area contributed by atoms with Crippen molar-refractivity contribution in [1.82, 2.24) is 15.1 Å². The molecule has 0 saturated heterocycles. The van der Waals surface area contributed by atoms with Crippen molar-refractivity contribution in [2.45, 2.75) is 13.1 Å². The SMILES string of the molecule is O=C(NCc1ccccc1Cn1cccn1)Nc1ccc(Br)cc1F. The number of hydrogen-bond donors (Lipinski definition) is 2. The van der Waals surface area contributed by atoms with Gasteiger partial charge in [0.1, 0.15) is 5.82 Å². The molecule has 0 atom stereocenters. The molecule has 0 spiro atoms. The number of anilines is 1. The van der Waals surface area contributed by atoms with Gasteiger partial charge in [-0.05, 0) is 35.4 Å². The van der Waals surface area contributed by atoms with E-state index in [4.69, 9.17) is 0 Å².